The number of H-pyrrole nitrogens is 1. The topological polar surface area (TPSA) is 19.7 Å². The van der Waals surface area contributed by atoms with Crippen LogP contribution in [0.5, 0.6) is 0 Å². The third-order valence-corrected chi connectivity index (χ3v) is 11.6. The molecule has 0 amide bonds. The Balaban J connectivity index is 2.36. The van der Waals surface area contributed by atoms with Gasteiger partial charge in [0.2, 0.25) is 0 Å². The van der Waals surface area contributed by atoms with Crippen LogP contribution in [0.15, 0.2) is 12.4 Å². The van der Waals surface area contributed by atoms with Gasteiger partial charge in [0.1, 0.15) is 12.4 Å². The summed E-state index contributed by atoms with van der Waals surface area (Å²) >= 11 is 0. The maximum Gasteiger partial charge on any atom is 0.257 e. The van der Waals surface area contributed by atoms with E-state index in [2.05, 4.69) is 49.6 Å². The van der Waals surface area contributed by atoms with Gasteiger partial charge in [0, 0.05) is 0 Å². The van der Waals surface area contributed by atoms with Gasteiger partial charge in [-0.25, -0.2) is 9.55 Å². The maximum atomic E-state index is 3.78. The molecule has 2 atom stereocenters. The van der Waals surface area contributed by atoms with Crippen molar-refractivity contribution in [3.63, 3.8) is 0 Å². The molecule has 0 fully saturated rings. The molecular formula is C47H93N2+. The van der Waals surface area contributed by atoms with E-state index in [1.807, 2.05) is 0 Å². The number of imidazole rings is 1. The molecule has 2 heteroatoms. The van der Waals surface area contributed by atoms with Crippen LogP contribution < -0.4 is 4.57 Å². The fraction of sp³-hybridized carbons (Fsp3) is 0.936. The molecule has 290 valence electrons. The molecule has 1 rings (SSSR count). The first kappa shape index (κ1) is 46.2. The van der Waals surface area contributed by atoms with Crippen molar-refractivity contribution in [1.82, 2.24) is 4.98 Å². The fourth-order valence-electron chi connectivity index (χ4n) is 8.20. The lowest BCUT2D eigenvalue weighted by Crippen LogP contribution is -2.41. The number of nitrogens with zero attached hydrogens (tertiary/aromatic N) is 1. The first-order valence-corrected chi connectivity index (χ1v) is 23.3. The zero-order chi connectivity index (χ0) is 35.3. The number of rotatable bonds is 40. The smallest absolute Gasteiger partial charge is 0.247 e. The highest BCUT2D eigenvalue weighted by Crippen LogP contribution is 2.27. The molecule has 0 aromatic carbocycles. The molecule has 0 aliphatic heterocycles. The van der Waals surface area contributed by atoms with Crippen LogP contribution in [0.2, 0.25) is 0 Å². The van der Waals surface area contributed by atoms with Gasteiger partial charge < -0.3 is 0 Å². The number of hydrogen-bond donors (Lipinski definition) is 1. The minimum atomic E-state index is 0.617. The molecule has 2 nitrogen and oxygen atoms in total. The normalized spacial score (nSPS) is 13.0. The second-order valence-corrected chi connectivity index (χ2v) is 16.5. The molecule has 0 saturated carbocycles. The van der Waals surface area contributed by atoms with E-state index < -0.39 is 0 Å². The van der Waals surface area contributed by atoms with Crippen LogP contribution in [0.25, 0.3) is 0 Å². The fourth-order valence-corrected chi connectivity index (χ4v) is 8.20. The average molecular weight is 686 g/mol. The van der Waals surface area contributed by atoms with Crippen molar-refractivity contribution in [3.8, 4) is 0 Å². The molecule has 2 unspecified atom stereocenters. The van der Waals surface area contributed by atoms with Gasteiger partial charge in [0.05, 0.1) is 12.0 Å². The van der Waals surface area contributed by atoms with Gasteiger partial charge in [-0.2, -0.15) is 0 Å². The summed E-state index contributed by atoms with van der Waals surface area (Å²) in [5.41, 5.74) is 0. The van der Waals surface area contributed by atoms with Gasteiger partial charge in [-0.15, -0.1) is 0 Å². The zero-order valence-corrected chi connectivity index (χ0v) is 34.6. The summed E-state index contributed by atoms with van der Waals surface area (Å²) < 4.78 is 2.65. The Morgan fingerprint density at radius 3 is 0.959 bits per heavy atom. The predicted molar refractivity (Wildman–Crippen MR) is 221 cm³/mol. The standard InChI is InChI=1S/C47H92N2/c1-5-8-11-14-17-20-22-24-26-29-31-34-37-40-45(4)49-44-43-48-47(49)46(41-38-35-32-28-19-16-13-10-7-3)42-39-36-33-30-27-25-23-21-18-15-12-9-6-2/h43-46H,5-42H2,1-4H3/p+1. The number of aromatic nitrogens is 2. The van der Waals surface area contributed by atoms with Crippen molar-refractivity contribution in [2.24, 2.45) is 0 Å². The Morgan fingerprint density at radius 2 is 0.653 bits per heavy atom. The van der Waals surface area contributed by atoms with E-state index in [0.29, 0.717) is 12.0 Å². The number of unbranched alkanes of at least 4 members (excludes halogenated alkanes) is 32. The Hall–Kier alpha value is -0.790. The summed E-state index contributed by atoms with van der Waals surface area (Å²) in [7, 11) is 0. The van der Waals surface area contributed by atoms with Gasteiger partial charge in [0.25, 0.3) is 5.82 Å². The average Bonchev–Trinajstić information content (AvgIpc) is 3.60. The molecule has 1 aromatic rings. The zero-order valence-electron chi connectivity index (χ0n) is 34.6. The van der Waals surface area contributed by atoms with Crippen LogP contribution >= 0.6 is 0 Å². The first-order valence-electron chi connectivity index (χ1n) is 23.3. The van der Waals surface area contributed by atoms with Crippen LogP contribution in [0.1, 0.15) is 289 Å². The van der Waals surface area contributed by atoms with Gasteiger partial charge in [-0.1, -0.05) is 239 Å². The summed E-state index contributed by atoms with van der Waals surface area (Å²) in [6.07, 6.45) is 59.1. The SMILES string of the molecule is CCCCCCCCCCCCCCCC(CCCCCCCCCCC)c1[nH]cc[n+]1C(C)CCCCCCCCCCCCCCC. The van der Waals surface area contributed by atoms with Crippen LogP contribution in [-0.2, 0) is 0 Å². The van der Waals surface area contributed by atoms with Gasteiger partial charge >= 0.3 is 0 Å². The monoisotopic (exact) mass is 686 g/mol. The highest BCUT2D eigenvalue weighted by atomic mass is 15.1. The highest BCUT2D eigenvalue weighted by Gasteiger charge is 2.25. The molecule has 0 bridgehead atoms. The third kappa shape index (κ3) is 28.5. The molecule has 49 heavy (non-hydrogen) atoms. The van der Waals surface area contributed by atoms with E-state index in [1.54, 1.807) is 5.82 Å². The Kier molecular flexibility index (Phi) is 34.9. The summed E-state index contributed by atoms with van der Waals surface area (Å²) in [4.78, 5) is 3.78. The number of aromatic amines is 1. The first-order chi connectivity index (χ1) is 24.2. The van der Waals surface area contributed by atoms with Gasteiger partial charge in [-0.3, -0.25) is 0 Å². The lowest BCUT2D eigenvalue weighted by atomic mass is 9.92. The summed E-state index contributed by atoms with van der Waals surface area (Å²) in [6.45, 7) is 9.44. The summed E-state index contributed by atoms with van der Waals surface area (Å²) in [6, 6.07) is 0.617. The van der Waals surface area contributed by atoms with E-state index in [1.165, 1.54) is 244 Å². The van der Waals surface area contributed by atoms with Crippen molar-refractivity contribution < 1.29 is 4.57 Å². The van der Waals surface area contributed by atoms with Crippen LogP contribution in [0, 0.1) is 0 Å². The largest absolute Gasteiger partial charge is 0.257 e. The van der Waals surface area contributed by atoms with E-state index in [9.17, 15) is 0 Å². The van der Waals surface area contributed by atoms with Crippen LogP contribution in [-0.4, -0.2) is 4.98 Å². The van der Waals surface area contributed by atoms with Crippen molar-refractivity contribution in [2.75, 3.05) is 0 Å². The van der Waals surface area contributed by atoms with E-state index in [-0.39, 0.29) is 0 Å². The van der Waals surface area contributed by atoms with E-state index >= 15 is 0 Å². The van der Waals surface area contributed by atoms with Crippen molar-refractivity contribution >= 4 is 0 Å². The minimum Gasteiger partial charge on any atom is -0.247 e. The molecule has 1 aromatic heterocycles. The predicted octanol–water partition coefficient (Wildman–Crippen LogP) is 16.8. The lowest BCUT2D eigenvalue weighted by molar-refractivity contribution is -0.727. The van der Waals surface area contributed by atoms with Crippen molar-refractivity contribution in [2.45, 2.75) is 284 Å². The highest BCUT2D eigenvalue weighted by molar-refractivity contribution is 4.90. The molecular weight excluding hydrogens is 593 g/mol. The van der Waals surface area contributed by atoms with Crippen LogP contribution in [0.3, 0.4) is 0 Å². The van der Waals surface area contributed by atoms with Crippen molar-refractivity contribution in [1.29, 1.82) is 0 Å². The molecule has 0 radical (unpaired) electrons. The van der Waals surface area contributed by atoms with Gasteiger partial charge in [0.15, 0.2) is 0 Å². The molecule has 0 spiro atoms. The quantitative estimate of drug-likeness (QED) is 0.0524. The van der Waals surface area contributed by atoms with Crippen molar-refractivity contribution in [3.05, 3.63) is 18.2 Å². The maximum absolute atomic E-state index is 3.78. The molecule has 0 aliphatic carbocycles. The Bertz CT molecular complexity index is 753. The van der Waals surface area contributed by atoms with Crippen LogP contribution in [0.4, 0.5) is 0 Å². The summed E-state index contributed by atoms with van der Waals surface area (Å²) in [5, 5.41) is 0. The molecule has 0 saturated heterocycles. The Labute approximate surface area is 310 Å². The lowest BCUT2D eigenvalue weighted by Gasteiger charge is -2.17. The van der Waals surface area contributed by atoms with E-state index in [4.69, 9.17) is 0 Å². The number of hydrogen-bond acceptors (Lipinski definition) is 0. The summed E-state index contributed by atoms with van der Waals surface area (Å²) in [5.74, 6) is 2.25. The second kappa shape index (κ2) is 37.0. The minimum absolute atomic E-state index is 0.617. The Morgan fingerprint density at radius 1 is 0.388 bits per heavy atom. The molecule has 0 aliphatic rings. The second-order valence-electron chi connectivity index (χ2n) is 16.5. The van der Waals surface area contributed by atoms with Gasteiger partial charge in [-0.05, 0) is 32.6 Å². The number of nitrogens with one attached hydrogen (secondary N) is 1. The molecule has 1 N–H and O–H groups in total. The molecule has 1 heterocycles. The van der Waals surface area contributed by atoms with E-state index in [0.717, 1.165) is 0 Å². The third-order valence-electron chi connectivity index (χ3n) is 11.6.